The van der Waals surface area contributed by atoms with Gasteiger partial charge in [-0.15, -0.1) is 10.2 Å². The van der Waals surface area contributed by atoms with Crippen molar-refractivity contribution in [2.24, 2.45) is 5.92 Å². The number of hydrogen-bond acceptors (Lipinski definition) is 5. The summed E-state index contributed by atoms with van der Waals surface area (Å²) >= 11 is 1.59. The molecule has 7 heteroatoms. The Morgan fingerprint density at radius 3 is 2.48 bits per heavy atom. The Kier molecular flexibility index (Phi) is 5.67. The molecular formula is C22H27N5OS. The fourth-order valence-corrected chi connectivity index (χ4v) is 4.80. The van der Waals surface area contributed by atoms with Crippen LogP contribution in [-0.2, 0) is 11.3 Å². The number of hydrogen-bond donors (Lipinski definition) is 1. The molecule has 1 aliphatic heterocycles. The molecule has 3 aromatic rings. The fraction of sp³-hybridized carbons (Fsp3) is 0.409. The fourth-order valence-electron chi connectivity index (χ4n) is 3.80. The zero-order valence-electron chi connectivity index (χ0n) is 17.2. The predicted molar refractivity (Wildman–Crippen MR) is 117 cm³/mol. The Hall–Kier alpha value is -2.67. The molecule has 0 spiro atoms. The first-order chi connectivity index (χ1) is 14.0. The molecule has 3 heterocycles. The number of piperidine rings is 1. The molecule has 1 saturated heterocycles. The Bertz CT molecular complexity index is 972. The number of carbonyl (C=O) groups is 1. The number of benzene rings is 1. The molecule has 1 fully saturated rings. The second-order valence-electron chi connectivity index (χ2n) is 7.81. The first kappa shape index (κ1) is 19.6. The van der Waals surface area contributed by atoms with E-state index in [1.807, 2.05) is 0 Å². The summed E-state index contributed by atoms with van der Waals surface area (Å²) in [7, 11) is 0. The first-order valence-electron chi connectivity index (χ1n) is 10.1. The number of nitrogens with one attached hydrogen (secondary N) is 1. The van der Waals surface area contributed by atoms with Gasteiger partial charge in [-0.3, -0.25) is 9.36 Å². The van der Waals surface area contributed by atoms with E-state index >= 15 is 0 Å². The van der Waals surface area contributed by atoms with Gasteiger partial charge in [-0.1, -0.05) is 41.2 Å². The molecule has 1 aromatic carbocycles. The minimum absolute atomic E-state index is 0.0170. The van der Waals surface area contributed by atoms with Crippen molar-refractivity contribution in [3.63, 3.8) is 0 Å². The van der Waals surface area contributed by atoms with Crippen molar-refractivity contribution in [1.29, 1.82) is 0 Å². The van der Waals surface area contributed by atoms with Crippen LogP contribution in [0, 0.1) is 26.7 Å². The van der Waals surface area contributed by atoms with Gasteiger partial charge >= 0.3 is 0 Å². The van der Waals surface area contributed by atoms with Gasteiger partial charge in [0, 0.05) is 31.0 Å². The van der Waals surface area contributed by atoms with Crippen molar-refractivity contribution < 1.29 is 4.79 Å². The number of aromatic nitrogens is 3. The van der Waals surface area contributed by atoms with E-state index < -0.39 is 0 Å². The van der Waals surface area contributed by atoms with Gasteiger partial charge in [-0.05, 0) is 51.3 Å². The molecule has 1 amide bonds. The molecule has 1 atom stereocenters. The van der Waals surface area contributed by atoms with Crippen LogP contribution in [0.3, 0.4) is 0 Å². The lowest BCUT2D eigenvalue weighted by molar-refractivity contribution is -0.125. The molecule has 1 N–H and O–H groups in total. The molecule has 152 valence electrons. The van der Waals surface area contributed by atoms with E-state index in [1.54, 1.807) is 11.3 Å². The van der Waals surface area contributed by atoms with Crippen LogP contribution >= 0.6 is 11.3 Å². The van der Waals surface area contributed by atoms with Gasteiger partial charge in [0.15, 0.2) is 0 Å². The number of nitrogens with zero attached hydrogens (tertiary/aromatic N) is 4. The van der Waals surface area contributed by atoms with Crippen molar-refractivity contribution in [1.82, 2.24) is 20.1 Å². The number of aryl methyl sites for hydroxylation is 3. The van der Waals surface area contributed by atoms with Crippen molar-refractivity contribution in [2.75, 3.05) is 18.0 Å². The summed E-state index contributed by atoms with van der Waals surface area (Å²) in [5.41, 5.74) is 4.65. The number of anilines is 1. The summed E-state index contributed by atoms with van der Waals surface area (Å²) in [5.74, 6) is 0.105. The molecule has 0 aliphatic carbocycles. The van der Waals surface area contributed by atoms with E-state index in [2.05, 4.69) is 82.2 Å². The summed E-state index contributed by atoms with van der Waals surface area (Å²) in [6, 6.07) is 12.5. The van der Waals surface area contributed by atoms with Crippen LogP contribution in [0.1, 0.15) is 35.4 Å². The van der Waals surface area contributed by atoms with Crippen LogP contribution in [0.5, 0.6) is 0 Å². The second-order valence-corrected chi connectivity index (χ2v) is 8.74. The molecule has 0 unspecified atom stereocenters. The highest BCUT2D eigenvalue weighted by Crippen LogP contribution is 2.29. The summed E-state index contributed by atoms with van der Waals surface area (Å²) in [6.45, 7) is 8.40. The molecule has 4 rings (SSSR count). The van der Waals surface area contributed by atoms with E-state index in [9.17, 15) is 4.79 Å². The van der Waals surface area contributed by atoms with Crippen molar-refractivity contribution in [3.8, 4) is 5.13 Å². The summed E-state index contributed by atoms with van der Waals surface area (Å²) in [4.78, 5) is 14.9. The highest BCUT2D eigenvalue weighted by atomic mass is 32.1. The highest BCUT2D eigenvalue weighted by molar-refractivity contribution is 7.17. The number of carbonyl (C=O) groups excluding carboxylic acids is 1. The van der Waals surface area contributed by atoms with Crippen molar-refractivity contribution in [3.05, 3.63) is 58.9 Å². The molecule has 0 saturated carbocycles. The Morgan fingerprint density at radius 2 is 1.76 bits per heavy atom. The summed E-state index contributed by atoms with van der Waals surface area (Å²) < 4.78 is 2.12. The minimum atomic E-state index is -0.0170. The maximum absolute atomic E-state index is 12.7. The predicted octanol–water partition coefficient (Wildman–Crippen LogP) is 3.79. The lowest BCUT2D eigenvalue weighted by Gasteiger charge is -2.31. The van der Waals surface area contributed by atoms with Gasteiger partial charge in [-0.25, -0.2) is 0 Å². The highest BCUT2D eigenvalue weighted by Gasteiger charge is 2.27. The van der Waals surface area contributed by atoms with Gasteiger partial charge in [0.2, 0.25) is 16.2 Å². The third-order valence-corrected chi connectivity index (χ3v) is 6.49. The molecule has 29 heavy (non-hydrogen) atoms. The van der Waals surface area contributed by atoms with Gasteiger partial charge < -0.3 is 10.2 Å². The van der Waals surface area contributed by atoms with Crippen molar-refractivity contribution in [2.45, 2.75) is 40.2 Å². The first-order valence-corrected chi connectivity index (χ1v) is 10.9. The molecular weight excluding hydrogens is 382 g/mol. The average Bonchev–Trinajstić information content (AvgIpc) is 3.33. The van der Waals surface area contributed by atoms with E-state index in [-0.39, 0.29) is 11.8 Å². The molecule has 6 nitrogen and oxygen atoms in total. The Labute approximate surface area is 175 Å². The zero-order valence-corrected chi connectivity index (χ0v) is 18.0. The van der Waals surface area contributed by atoms with E-state index in [4.69, 9.17) is 0 Å². The maximum Gasteiger partial charge on any atom is 0.225 e. The minimum Gasteiger partial charge on any atom is -0.352 e. The van der Waals surface area contributed by atoms with Crippen LogP contribution in [-0.4, -0.2) is 33.8 Å². The normalized spacial score (nSPS) is 16.8. The number of amides is 1. The van der Waals surface area contributed by atoms with Gasteiger partial charge in [-0.2, -0.15) is 0 Å². The lowest BCUT2D eigenvalue weighted by Crippen LogP contribution is -2.43. The van der Waals surface area contributed by atoms with Crippen LogP contribution in [0.15, 0.2) is 36.4 Å². The number of rotatable bonds is 5. The topological polar surface area (TPSA) is 63.1 Å². The Balaban J connectivity index is 1.39. The quantitative estimate of drug-likeness (QED) is 0.696. The molecule has 1 aliphatic rings. The van der Waals surface area contributed by atoms with E-state index in [0.29, 0.717) is 13.1 Å². The molecule has 0 radical (unpaired) electrons. The van der Waals surface area contributed by atoms with E-state index in [0.717, 1.165) is 46.6 Å². The zero-order chi connectivity index (χ0) is 20.4. The van der Waals surface area contributed by atoms with Gasteiger partial charge in [0.05, 0.1) is 5.92 Å². The second kappa shape index (κ2) is 8.37. The van der Waals surface area contributed by atoms with Crippen LogP contribution in [0.25, 0.3) is 5.13 Å². The summed E-state index contributed by atoms with van der Waals surface area (Å²) in [5, 5.41) is 13.7. The van der Waals surface area contributed by atoms with Gasteiger partial charge in [0.25, 0.3) is 0 Å². The molecule has 0 bridgehead atoms. The van der Waals surface area contributed by atoms with Crippen LogP contribution in [0.4, 0.5) is 5.13 Å². The van der Waals surface area contributed by atoms with Gasteiger partial charge in [0.1, 0.15) is 0 Å². The third kappa shape index (κ3) is 4.34. The third-order valence-electron chi connectivity index (χ3n) is 5.52. The molecule has 2 aromatic heterocycles. The van der Waals surface area contributed by atoms with E-state index in [1.165, 1.54) is 5.56 Å². The summed E-state index contributed by atoms with van der Waals surface area (Å²) in [6.07, 6.45) is 1.90. The van der Waals surface area contributed by atoms with Crippen LogP contribution in [0.2, 0.25) is 0 Å². The van der Waals surface area contributed by atoms with Crippen molar-refractivity contribution >= 4 is 22.4 Å². The smallest absolute Gasteiger partial charge is 0.225 e. The monoisotopic (exact) mass is 409 g/mol. The Morgan fingerprint density at radius 1 is 1.07 bits per heavy atom. The standard InChI is InChI=1S/C22H27N5OS/c1-15-6-10-18(11-7-15)13-23-20(28)19-5-4-12-26(14-19)21-24-25-22(29-21)27-16(2)8-9-17(27)3/h6-11,19H,4-5,12-14H2,1-3H3,(H,23,28)/t19-/m0/s1. The SMILES string of the molecule is Cc1ccc(CNC(=O)[C@H]2CCCN(c3nnc(-n4c(C)ccc4C)s3)C2)cc1. The average molecular weight is 410 g/mol. The maximum atomic E-state index is 12.7. The lowest BCUT2D eigenvalue weighted by atomic mass is 9.97. The largest absolute Gasteiger partial charge is 0.352 e. The van der Waals surface area contributed by atoms with Crippen LogP contribution < -0.4 is 10.2 Å².